The number of methoxy groups -OCH3 is 1. The molecule has 1 unspecified atom stereocenters. The van der Waals surface area contributed by atoms with Gasteiger partial charge in [-0.25, -0.2) is 0 Å². The van der Waals surface area contributed by atoms with Crippen molar-refractivity contribution in [2.45, 2.75) is 19.9 Å². The molecule has 30 heavy (non-hydrogen) atoms. The van der Waals surface area contributed by atoms with Crippen molar-refractivity contribution in [3.63, 3.8) is 0 Å². The van der Waals surface area contributed by atoms with Crippen molar-refractivity contribution in [1.82, 2.24) is 10.2 Å². The monoisotopic (exact) mass is 421 g/mol. The third kappa shape index (κ3) is 3.35. The molecule has 1 N–H and O–H groups in total. The fourth-order valence-electron chi connectivity index (χ4n) is 3.38. The molecule has 1 aromatic heterocycles. The van der Waals surface area contributed by atoms with Crippen LogP contribution in [-0.2, 0) is 9.59 Å². The number of Topliss-reactive ketones (excluding diaryl/α,β-unsaturated/α-hetero) is 1. The Morgan fingerprint density at radius 2 is 1.70 bits per heavy atom. The van der Waals surface area contributed by atoms with Crippen molar-refractivity contribution in [1.29, 1.82) is 0 Å². The highest BCUT2D eigenvalue weighted by atomic mass is 32.1. The number of carbonyl (C=O) groups is 2. The van der Waals surface area contributed by atoms with Crippen LogP contribution in [-0.4, -0.2) is 34.1 Å². The Morgan fingerprint density at radius 3 is 2.27 bits per heavy atom. The SMILES string of the molecule is COc1ccc(C2/C(=C(/O)c3ccc(C)cc3)C(=O)C(=O)N2c2nnc(C)s2)cc1. The second kappa shape index (κ2) is 7.72. The maximum atomic E-state index is 13.0. The smallest absolute Gasteiger partial charge is 0.301 e. The predicted octanol–water partition coefficient (Wildman–Crippen LogP) is 3.79. The van der Waals surface area contributed by atoms with E-state index in [0.29, 0.717) is 27.0 Å². The summed E-state index contributed by atoms with van der Waals surface area (Å²) in [7, 11) is 1.56. The molecule has 8 heteroatoms. The van der Waals surface area contributed by atoms with Crippen LogP contribution in [0.4, 0.5) is 5.13 Å². The minimum absolute atomic E-state index is 0.0156. The number of carbonyl (C=O) groups excluding carboxylic acids is 2. The summed E-state index contributed by atoms with van der Waals surface area (Å²) in [6, 6.07) is 13.3. The van der Waals surface area contributed by atoms with Crippen molar-refractivity contribution < 1.29 is 19.4 Å². The van der Waals surface area contributed by atoms with Gasteiger partial charge in [-0.2, -0.15) is 0 Å². The lowest BCUT2D eigenvalue weighted by Crippen LogP contribution is -2.29. The molecule has 2 heterocycles. The molecule has 1 fully saturated rings. The first-order valence-electron chi connectivity index (χ1n) is 9.23. The summed E-state index contributed by atoms with van der Waals surface area (Å²) in [5.41, 5.74) is 2.15. The van der Waals surface area contributed by atoms with Gasteiger partial charge in [-0.05, 0) is 31.5 Å². The van der Waals surface area contributed by atoms with Crippen molar-refractivity contribution in [3.05, 3.63) is 75.8 Å². The summed E-state index contributed by atoms with van der Waals surface area (Å²) >= 11 is 1.21. The van der Waals surface area contributed by atoms with E-state index in [0.717, 1.165) is 5.56 Å². The number of anilines is 1. The number of rotatable bonds is 4. The Morgan fingerprint density at radius 1 is 1.03 bits per heavy atom. The first kappa shape index (κ1) is 19.8. The van der Waals surface area contributed by atoms with E-state index in [4.69, 9.17) is 4.74 Å². The van der Waals surface area contributed by atoms with Crippen molar-refractivity contribution in [2.24, 2.45) is 0 Å². The maximum Gasteiger partial charge on any atom is 0.301 e. The van der Waals surface area contributed by atoms with Crippen LogP contribution < -0.4 is 9.64 Å². The van der Waals surface area contributed by atoms with E-state index in [1.165, 1.54) is 16.2 Å². The molecule has 0 spiro atoms. The first-order valence-corrected chi connectivity index (χ1v) is 10.0. The molecule has 1 aliphatic heterocycles. The van der Waals surface area contributed by atoms with E-state index in [2.05, 4.69) is 10.2 Å². The van der Waals surface area contributed by atoms with Gasteiger partial charge < -0.3 is 9.84 Å². The minimum Gasteiger partial charge on any atom is -0.507 e. The number of aliphatic hydroxyl groups is 1. The van der Waals surface area contributed by atoms with Gasteiger partial charge in [0.1, 0.15) is 16.5 Å². The number of nitrogens with zero attached hydrogens (tertiary/aromatic N) is 3. The molecule has 0 aliphatic carbocycles. The van der Waals surface area contributed by atoms with Gasteiger partial charge in [0.15, 0.2) is 0 Å². The van der Waals surface area contributed by atoms with Gasteiger partial charge in [-0.3, -0.25) is 14.5 Å². The van der Waals surface area contributed by atoms with Crippen LogP contribution in [0.15, 0.2) is 54.1 Å². The summed E-state index contributed by atoms with van der Waals surface area (Å²) in [4.78, 5) is 27.3. The van der Waals surface area contributed by atoms with Gasteiger partial charge in [0.2, 0.25) is 5.13 Å². The highest BCUT2D eigenvalue weighted by Crippen LogP contribution is 2.43. The van der Waals surface area contributed by atoms with E-state index in [1.807, 2.05) is 19.1 Å². The van der Waals surface area contributed by atoms with Crippen LogP contribution in [0.5, 0.6) is 5.75 Å². The lowest BCUT2D eigenvalue weighted by molar-refractivity contribution is -0.132. The fourth-order valence-corrected chi connectivity index (χ4v) is 4.10. The summed E-state index contributed by atoms with van der Waals surface area (Å²) in [6.45, 7) is 3.70. The van der Waals surface area contributed by atoms with E-state index in [-0.39, 0.29) is 11.3 Å². The summed E-state index contributed by atoms with van der Waals surface area (Å²) < 4.78 is 5.21. The van der Waals surface area contributed by atoms with Gasteiger partial charge in [-0.1, -0.05) is 53.3 Å². The van der Waals surface area contributed by atoms with Crippen LogP contribution in [0, 0.1) is 13.8 Å². The molecular weight excluding hydrogens is 402 g/mol. The molecule has 152 valence electrons. The number of hydrogen-bond donors (Lipinski definition) is 1. The molecule has 0 radical (unpaired) electrons. The summed E-state index contributed by atoms with van der Waals surface area (Å²) in [5, 5.41) is 20.0. The molecule has 7 nitrogen and oxygen atoms in total. The zero-order valence-corrected chi connectivity index (χ0v) is 17.4. The third-order valence-corrected chi connectivity index (χ3v) is 5.76. The largest absolute Gasteiger partial charge is 0.507 e. The molecule has 0 bridgehead atoms. The third-order valence-electron chi connectivity index (χ3n) is 4.92. The molecule has 1 saturated heterocycles. The van der Waals surface area contributed by atoms with Crippen molar-refractivity contribution >= 4 is 33.9 Å². The maximum absolute atomic E-state index is 13.0. The summed E-state index contributed by atoms with van der Waals surface area (Å²) in [5.74, 6) is -1.10. The van der Waals surface area contributed by atoms with E-state index >= 15 is 0 Å². The van der Waals surface area contributed by atoms with Gasteiger partial charge in [0.25, 0.3) is 5.78 Å². The van der Waals surface area contributed by atoms with Gasteiger partial charge in [0, 0.05) is 5.56 Å². The second-order valence-corrected chi connectivity index (χ2v) is 8.07. The second-order valence-electron chi connectivity index (χ2n) is 6.91. The highest BCUT2D eigenvalue weighted by Gasteiger charge is 2.48. The number of benzene rings is 2. The van der Waals surface area contributed by atoms with Gasteiger partial charge >= 0.3 is 5.91 Å². The molecule has 1 amide bonds. The number of ether oxygens (including phenoxy) is 1. The molecule has 2 aromatic carbocycles. The molecule has 0 saturated carbocycles. The molecular formula is C22H19N3O4S. The standard InChI is InChI=1S/C22H19N3O4S/c1-12-4-6-15(7-5-12)19(26)17-18(14-8-10-16(29-3)11-9-14)25(21(28)20(17)27)22-24-23-13(2)30-22/h4-11,18,26H,1-3H3/b19-17-. The lowest BCUT2D eigenvalue weighted by atomic mass is 9.95. The molecule has 1 atom stereocenters. The molecule has 1 aliphatic rings. The number of hydrogen-bond acceptors (Lipinski definition) is 7. The highest BCUT2D eigenvalue weighted by molar-refractivity contribution is 7.15. The zero-order chi connectivity index (χ0) is 21.4. The van der Waals surface area contributed by atoms with Crippen LogP contribution in [0.3, 0.4) is 0 Å². The Bertz CT molecular complexity index is 1150. The fraction of sp³-hybridized carbons (Fsp3) is 0.182. The Labute approximate surface area is 177 Å². The quantitative estimate of drug-likeness (QED) is 0.391. The average molecular weight is 421 g/mol. The minimum atomic E-state index is -0.829. The average Bonchev–Trinajstić information content (AvgIpc) is 3.29. The Kier molecular flexibility index (Phi) is 5.09. The Balaban J connectivity index is 1.92. The normalized spacial score (nSPS) is 18.1. The number of amides is 1. The van der Waals surface area contributed by atoms with Crippen molar-refractivity contribution in [2.75, 3.05) is 12.0 Å². The van der Waals surface area contributed by atoms with Crippen LogP contribution in [0.2, 0.25) is 0 Å². The number of aromatic nitrogens is 2. The first-order chi connectivity index (χ1) is 14.4. The lowest BCUT2D eigenvalue weighted by Gasteiger charge is -2.22. The van der Waals surface area contributed by atoms with E-state index < -0.39 is 17.7 Å². The topological polar surface area (TPSA) is 92.6 Å². The summed E-state index contributed by atoms with van der Waals surface area (Å²) in [6.07, 6.45) is 0. The molecule has 3 aromatic rings. The van der Waals surface area contributed by atoms with Crippen LogP contribution in [0.25, 0.3) is 5.76 Å². The zero-order valence-electron chi connectivity index (χ0n) is 16.6. The van der Waals surface area contributed by atoms with Crippen LogP contribution in [0.1, 0.15) is 27.7 Å². The Hall–Kier alpha value is -3.52. The number of aryl methyl sites for hydroxylation is 2. The van der Waals surface area contributed by atoms with E-state index in [9.17, 15) is 14.7 Å². The number of aliphatic hydroxyl groups excluding tert-OH is 1. The number of ketones is 1. The van der Waals surface area contributed by atoms with Crippen LogP contribution >= 0.6 is 11.3 Å². The molecule has 4 rings (SSSR count). The van der Waals surface area contributed by atoms with E-state index in [1.54, 1.807) is 50.4 Å². The van der Waals surface area contributed by atoms with Gasteiger partial charge in [-0.15, -0.1) is 10.2 Å². The van der Waals surface area contributed by atoms with Gasteiger partial charge in [0.05, 0.1) is 18.7 Å². The predicted molar refractivity (Wildman–Crippen MR) is 114 cm³/mol. The van der Waals surface area contributed by atoms with Crippen molar-refractivity contribution in [3.8, 4) is 5.75 Å².